The summed E-state index contributed by atoms with van der Waals surface area (Å²) in [6, 6.07) is 0. The van der Waals surface area contributed by atoms with Gasteiger partial charge in [0.15, 0.2) is 0 Å². The largest absolute Gasteiger partial charge is 0.356 e. The van der Waals surface area contributed by atoms with E-state index < -0.39 is 0 Å². The van der Waals surface area contributed by atoms with Crippen molar-refractivity contribution < 1.29 is 0 Å². The minimum Gasteiger partial charge on any atom is -0.356 e. The molecule has 0 radical (unpaired) electrons. The molecule has 0 bridgehead atoms. The highest BCUT2D eigenvalue weighted by atomic mass is 15.4. The number of rotatable bonds is 25. The third-order valence-electron chi connectivity index (χ3n) is 7.57. The van der Waals surface area contributed by atoms with Crippen molar-refractivity contribution in [2.24, 2.45) is 0 Å². The number of hydrogen-bond donors (Lipinski definition) is 0. The lowest BCUT2D eigenvalue weighted by Crippen LogP contribution is -2.39. The van der Waals surface area contributed by atoms with Crippen molar-refractivity contribution in [2.75, 3.05) is 13.1 Å². The van der Waals surface area contributed by atoms with Gasteiger partial charge in [-0.2, -0.15) is 0 Å². The van der Waals surface area contributed by atoms with Gasteiger partial charge in [0, 0.05) is 25.5 Å². The molecule has 2 nitrogen and oxygen atoms in total. The molecule has 0 amide bonds. The molecule has 0 saturated heterocycles. The Balaban J connectivity index is 2.28. The van der Waals surface area contributed by atoms with E-state index in [1.165, 1.54) is 161 Å². The van der Waals surface area contributed by atoms with Gasteiger partial charge in [-0.1, -0.05) is 143 Å². The molecule has 0 unspecified atom stereocenters. The fourth-order valence-electron chi connectivity index (χ4n) is 5.30. The van der Waals surface area contributed by atoms with Crippen LogP contribution in [0.25, 0.3) is 0 Å². The van der Waals surface area contributed by atoms with Gasteiger partial charge >= 0.3 is 0 Å². The fraction of sp³-hybridized carbons (Fsp3) is 0.935. The first kappa shape index (κ1) is 30.4. The van der Waals surface area contributed by atoms with Crippen LogP contribution in [0.4, 0.5) is 0 Å². The second-order valence-electron chi connectivity index (χ2n) is 10.8. The molecule has 33 heavy (non-hydrogen) atoms. The number of hydrogen-bond acceptors (Lipinski definition) is 2. The number of unbranched alkanes of at least 4 members (excludes halogenated alkanes) is 19. The first-order chi connectivity index (χ1) is 16.3. The average molecular weight is 463 g/mol. The van der Waals surface area contributed by atoms with Gasteiger partial charge < -0.3 is 9.80 Å². The molecular formula is C31H62N2. The fourth-order valence-corrected chi connectivity index (χ4v) is 5.30. The molecule has 0 aromatic rings. The first-order valence-corrected chi connectivity index (χ1v) is 15.5. The zero-order valence-electron chi connectivity index (χ0n) is 23.3. The predicted molar refractivity (Wildman–Crippen MR) is 150 cm³/mol. The Kier molecular flexibility index (Phi) is 21.3. The molecule has 1 rings (SSSR count). The SMILES string of the molecule is CCCCCCCCCCC1N(CCCCCCCCC)C=CN1CCCCCCCCC. The highest BCUT2D eigenvalue weighted by molar-refractivity contribution is 4.97. The molecule has 0 fully saturated rings. The van der Waals surface area contributed by atoms with Crippen molar-refractivity contribution in [3.8, 4) is 0 Å². The van der Waals surface area contributed by atoms with Crippen LogP contribution < -0.4 is 0 Å². The zero-order valence-corrected chi connectivity index (χ0v) is 23.3. The molecule has 1 heterocycles. The number of nitrogens with zero attached hydrogens (tertiary/aromatic N) is 2. The van der Waals surface area contributed by atoms with E-state index in [1.54, 1.807) is 0 Å². The van der Waals surface area contributed by atoms with Gasteiger partial charge in [0.1, 0.15) is 6.17 Å². The molecule has 0 spiro atoms. The predicted octanol–water partition coefficient (Wildman–Crippen LogP) is 10.4. The van der Waals surface area contributed by atoms with E-state index >= 15 is 0 Å². The van der Waals surface area contributed by atoms with E-state index in [9.17, 15) is 0 Å². The Morgan fingerprint density at radius 2 is 0.697 bits per heavy atom. The lowest BCUT2D eigenvalue weighted by molar-refractivity contribution is 0.135. The quantitative estimate of drug-likeness (QED) is 0.124. The van der Waals surface area contributed by atoms with Crippen LogP contribution in [0.2, 0.25) is 0 Å². The van der Waals surface area contributed by atoms with Crippen molar-refractivity contribution in [1.29, 1.82) is 0 Å². The smallest absolute Gasteiger partial charge is 0.101 e. The van der Waals surface area contributed by atoms with E-state index in [0.717, 1.165) is 0 Å². The summed E-state index contributed by atoms with van der Waals surface area (Å²) in [4.78, 5) is 5.38. The van der Waals surface area contributed by atoms with Crippen molar-refractivity contribution in [3.63, 3.8) is 0 Å². The van der Waals surface area contributed by atoms with E-state index in [1.807, 2.05) is 0 Å². The maximum Gasteiger partial charge on any atom is 0.101 e. The van der Waals surface area contributed by atoms with E-state index in [2.05, 4.69) is 43.0 Å². The normalized spacial score (nSPS) is 14.2. The monoisotopic (exact) mass is 462 g/mol. The second-order valence-corrected chi connectivity index (χ2v) is 10.8. The van der Waals surface area contributed by atoms with E-state index in [4.69, 9.17) is 0 Å². The summed E-state index contributed by atoms with van der Waals surface area (Å²) in [6.45, 7) is 9.46. The lowest BCUT2D eigenvalue weighted by atomic mass is 10.1. The third-order valence-corrected chi connectivity index (χ3v) is 7.57. The summed E-state index contributed by atoms with van der Waals surface area (Å²) < 4.78 is 0. The zero-order chi connectivity index (χ0) is 23.8. The summed E-state index contributed by atoms with van der Waals surface area (Å²) in [5.41, 5.74) is 0. The molecular weight excluding hydrogens is 400 g/mol. The Hall–Kier alpha value is -0.660. The first-order valence-electron chi connectivity index (χ1n) is 15.5. The van der Waals surface area contributed by atoms with Gasteiger partial charge in [-0.25, -0.2) is 0 Å². The van der Waals surface area contributed by atoms with Gasteiger partial charge in [0.2, 0.25) is 0 Å². The van der Waals surface area contributed by atoms with Crippen molar-refractivity contribution in [3.05, 3.63) is 12.4 Å². The molecule has 0 atom stereocenters. The van der Waals surface area contributed by atoms with Crippen LogP contribution in [0.1, 0.15) is 168 Å². The Labute approximate surface area is 210 Å². The molecule has 0 saturated carbocycles. The Bertz CT molecular complexity index is 391. The average Bonchev–Trinajstić information content (AvgIpc) is 3.21. The topological polar surface area (TPSA) is 6.48 Å². The highest BCUT2D eigenvalue weighted by Gasteiger charge is 2.24. The van der Waals surface area contributed by atoms with E-state index in [0.29, 0.717) is 6.17 Å². The molecule has 0 aromatic heterocycles. The Morgan fingerprint density at radius 1 is 0.394 bits per heavy atom. The Morgan fingerprint density at radius 3 is 1.06 bits per heavy atom. The molecule has 0 N–H and O–H groups in total. The van der Waals surface area contributed by atoms with Crippen LogP contribution in [-0.2, 0) is 0 Å². The van der Waals surface area contributed by atoms with Crippen LogP contribution in [0, 0.1) is 0 Å². The highest BCUT2D eigenvalue weighted by Crippen LogP contribution is 2.24. The summed E-state index contributed by atoms with van der Waals surface area (Å²) in [5.74, 6) is 0. The molecule has 1 aliphatic rings. The minimum absolute atomic E-state index is 0.644. The van der Waals surface area contributed by atoms with Crippen LogP contribution >= 0.6 is 0 Å². The van der Waals surface area contributed by atoms with Gasteiger partial charge in [0.25, 0.3) is 0 Å². The summed E-state index contributed by atoms with van der Waals surface area (Å²) >= 11 is 0. The maximum atomic E-state index is 2.69. The maximum absolute atomic E-state index is 2.69. The van der Waals surface area contributed by atoms with Crippen molar-refractivity contribution in [1.82, 2.24) is 9.80 Å². The molecule has 0 aromatic carbocycles. The minimum atomic E-state index is 0.644. The van der Waals surface area contributed by atoms with Gasteiger partial charge in [0.05, 0.1) is 0 Å². The van der Waals surface area contributed by atoms with Crippen LogP contribution in [-0.4, -0.2) is 29.1 Å². The third kappa shape index (κ3) is 16.6. The van der Waals surface area contributed by atoms with Gasteiger partial charge in [-0.3, -0.25) is 0 Å². The molecule has 196 valence electrons. The molecule has 1 aliphatic heterocycles. The lowest BCUT2D eigenvalue weighted by Gasteiger charge is -2.33. The van der Waals surface area contributed by atoms with Gasteiger partial charge in [-0.05, 0) is 25.7 Å². The van der Waals surface area contributed by atoms with Crippen LogP contribution in [0.5, 0.6) is 0 Å². The van der Waals surface area contributed by atoms with Crippen LogP contribution in [0.3, 0.4) is 0 Å². The van der Waals surface area contributed by atoms with Crippen LogP contribution in [0.15, 0.2) is 12.4 Å². The summed E-state index contributed by atoms with van der Waals surface area (Å²) in [7, 11) is 0. The van der Waals surface area contributed by atoms with Crippen molar-refractivity contribution in [2.45, 2.75) is 175 Å². The summed E-state index contributed by atoms with van der Waals surface area (Å²) in [5, 5.41) is 0. The van der Waals surface area contributed by atoms with Crippen molar-refractivity contribution >= 4 is 0 Å². The molecule has 2 heteroatoms. The van der Waals surface area contributed by atoms with Gasteiger partial charge in [-0.15, -0.1) is 0 Å². The van der Waals surface area contributed by atoms with E-state index in [-0.39, 0.29) is 0 Å². The summed E-state index contributed by atoms with van der Waals surface area (Å²) in [6.07, 6.45) is 38.0. The second kappa shape index (κ2) is 23.1. The standard InChI is InChI=1S/C31H62N2/c1-4-7-10-13-16-17-20-23-26-31-32(27-24-21-18-14-11-8-5-2)29-30-33(31)28-25-22-19-15-12-9-6-3/h29-31H,4-28H2,1-3H3. The molecule has 0 aliphatic carbocycles.